The molecule has 3 rings (SSSR count). The Morgan fingerprint density at radius 1 is 1.18 bits per heavy atom. The number of rotatable bonds is 9. The zero-order valence-electron chi connectivity index (χ0n) is 18.7. The molecule has 0 unspecified atom stereocenters. The number of carbonyl (C=O) groups excluding carboxylic acids is 2. The van der Waals surface area contributed by atoms with Gasteiger partial charge in [-0.25, -0.2) is 0 Å². The van der Waals surface area contributed by atoms with Crippen molar-refractivity contribution in [2.75, 3.05) is 7.11 Å². The molecule has 33 heavy (non-hydrogen) atoms. The Morgan fingerprint density at radius 2 is 1.94 bits per heavy atom. The van der Waals surface area contributed by atoms with E-state index < -0.39 is 0 Å². The van der Waals surface area contributed by atoms with Crippen molar-refractivity contribution in [2.45, 2.75) is 39.3 Å². The van der Waals surface area contributed by atoms with Gasteiger partial charge in [-0.3, -0.25) is 14.5 Å². The topological polar surface area (TPSA) is 55.8 Å². The molecule has 8 heteroatoms. The van der Waals surface area contributed by atoms with Crippen molar-refractivity contribution in [1.29, 1.82) is 0 Å². The summed E-state index contributed by atoms with van der Waals surface area (Å²) in [6, 6.07) is 8.87. The smallest absolute Gasteiger partial charge is 0.293 e. The SMILES string of the molecule is C=CCc1cc(/C=C2/SC(=O)N([C@H](C)CC)C2=O)cc(OC)c1OCc1ccc(Cl)c(Cl)c1. The van der Waals surface area contributed by atoms with Crippen LogP contribution in [0.25, 0.3) is 6.08 Å². The van der Waals surface area contributed by atoms with Gasteiger partial charge in [0, 0.05) is 11.6 Å². The molecule has 1 saturated heterocycles. The molecule has 2 aromatic carbocycles. The molecule has 2 aromatic rings. The number of hydrogen-bond acceptors (Lipinski definition) is 5. The third-order valence-corrected chi connectivity index (χ3v) is 6.88. The van der Waals surface area contributed by atoms with E-state index in [1.165, 1.54) is 4.90 Å². The van der Waals surface area contributed by atoms with Gasteiger partial charge in [-0.15, -0.1) is 6.58 Å². The Bertz CT molecular complexity index is 1120. The van der Waals surface area contributed by atoms with Crippen LogP contribution in [0.15, 0.2) is 47.9 Å². The summed E-state index contributed by atoms with van der Waals surface area (Å²) in [6.45, 7) is 7.91. The Kier molecular flexibility index (Phi) is 8.51. The summed E-state index contributed by atoms with van der Waals surface area (Å²) in [5, 5.41) is 0.686. The maximum atomic E-state index is 12.8. The Balaban J connectivity index is 1.92. The van der Waals surface area contributed by atoms with Crippen molar-refractivity contribution in [3.05, 3.63) is 74.6 Å². The van der Waals surface area contributed by atoms with Gasteiger partial charge in [0.1, 0.15) is 6.61 Å². The molecule has 0 bridgehead atoms. The Hall–Kier alpha value is -2.41. The van der Waals surface area contributed by atoms with Crippen LogP contribution in [0.4, 0.5) is 4.79 Å². The van der Waals surface area contributed by atoms with E-state index in [0.717, 1.165) is 28.5 Å². The van der Waals surface area contributed by atoms with Crippen molar-refractivity contribution < 1.29 is 19.1 Å². The maximum Gasteiger partial charge on any atom is 0.293 e. The maximum absolute atomic E-state index is 12.8. The monoisotopic (exact) mass is 505 g/mol. The third kappa shape index (κ3) is 5.75. The lowest BCUT2D eigenvalue weighted by molar-refractivity contribution is -0.124. The van der Waals surface area contributed by atoms with Gasteiger partial charge in [0.05, 0.1) is 22.1 Å². The summed E-state index contributed by atoms with van der Waals surface area (Å²) in [5.74, 6) is 0.818. The lowest BCUT2D eigenvalue weighted by Gasteiger charge is -2.19. The molecular weight excluding hydrogens is 481 g/mol. The molecule has 174 valence electrons. The van der Waals surface area contributed by atoms with Crippen molar-refractivity contribution in [3.63, 3.8) is 0 Å². The molecule has 1 fully saturated rings. The van der Waals surface area contributed by atoms with Crippen molar-refractivity contribution >= 4 is 52.2 Å². The summed E-state index contributed by atoms with van der Waals surface area (Å²) >= 11 is 13.1. The quantitative estimate of drug-likeness (QED) is 0.267. The molecule has 1 atom stereocenters. The second kappa shape index (κ2) is 11.1. The van der Waals surface area contributed by atoms with Crippen LogP contribution in [0.1, 0.15) is 37.0 Å². The zero-order chi connectivity index (χ0) is 24.1. The van der Waals surface area contributed by atoms with E-state index in [4.69, 9.17) is 32.7 Å². The fraction of sp³-hybridized carbons (Fsp3) is 0.280. The predicted octanol–water partition coefficient (Wildman–Crippen LogP) is 7.14. The molecule has 1 heterocycles. The number of benzene rings is 2. The standard InChI is InChI=1S/C25H25Cl2NO4S/c1-5-7-18-10-17(13-22-24(29)28(15(3)6-2)25(30)33-22)12-21(31-4)23(18)32-14-16-8-9-19(26)20(27)11-16/h5,8-13,15H,1,6-7,14H2,2-4H3/b22-13+/t15-/m1/s1. The summed E-state index contributed by atoms with van der Waals surface area (Å²) in [4.78, 5) is 26.8. The normalized spacial score (nSPS) is 15.8. The zero-order valence-corrected chi connectivity index (χ0v) is 21.0. The van der Waals surface area contributed by atoms with Gasteiger partial charge in [-0.2, -0.15) is 0 Å². The summed E-state index contributed by atoms with van der Waals surface area (Å²) in [7, 11) is 1.56. The van der Waals surface area contributed by atoms with Crippen LogP contribution in [-0.2, 0) is 17.8 Å². The molecule has 0 saturated carbocycles. The van der Waals surface area contributed by atoms with Crippen molar-refractivity contribution in [2.24, 2.45) is 0 Å². The lowest BCUT2D eigenvalue weighted by atomic mass is 10.0. The van der Waals surface area contributed by atoms with Crippen LogP contribution in [-0.4, -0.2) is 29.2 Å². The van der Waals surface area contributed by atoms with E-state index in [0.29, 0.717) is 39.3 Å². The summed E-state index contributed by atoms with van der Waals surface area (Å²) in [5.41, 5.74) is 2.44. The molecular formula is C25H25Cl2NO4S. The Morgan fingerprint density at radius 3 is 2.58 bits per heavy atom. The number of amides is 2. The number of carbonyl (C=O) groups is 2. The van der Waals surface area contributed by atoms with Crippen LogP contribution >= 0.6 is 35.0 Å². The van der Waals surface area contributed by atoms with Gasteiger partial charge < -0.3 is 9.47 Å². The van der Waals surface area contributed by atoms with E-state index in [2.05, 4.69) is 6.58 Å². The minimum Gasteiger partial charge on any atom is -0.493 e. The summed E-state index contributed by atoms with van der Waals surface area (Å²) < 4.78 is 11.7. The van der Waals surface area contributed by atoms with E-state index in [1.54, 1.807) is 37.5 Å². The number of ether oxygens (including phenoxy) is 2. The van der Waals surface area contributed by atoms with Crippen LogP contribution in [0.5, 0.6) is 11.5 Å². The molecule has 1 aliphatic heterocycles. The summed E-state index contributed by atoms with van der Waals surface area (Å²) in [6.07, 6.45) is 4.71. The molecule has 0 aliphatic carbocycles. The second-order valence-electron chi connectivity index (χ2n) is 7.55. The average Bonchev–Trinajstić information content (AvgIpc) is 3.07. The molecule has 0 N–H and O–H groups in total. The Labute approximate surface area is 208 Å². The van der Waals surface area contributed by atoms with E-state index >= 15 is 0 Å². The number of halogens is 2. The number of thioether (sulfide) groups is 1. The van der Waals surface area contributed by atoms with Crippen LogP contribution in [0, 0.1) is 0 Å². The fourth-order valence-corrected chi connectivity index (χ4v) is 4.62. The van der Waals surface area contributed by atoms with Gasteiger partial charge in [0.15, 0.2) is 11.5 Å². The number of allylic oxidation sites excluding steroid dienone is 1. The molecule has 1 aliphatic rings. The minimum atomic E-state index is -0.275. The minimum absolute atomic E-state index is 0.147. The van der Waals surface area contributed by atoms with Gasteiger partial charge in [0.2, 0.25) is 0 Å². The number of nitrogens with zero attached hydrogens (tertiary/aromatic N) is 1. The van der Waals surface area contributed by atoms with Crippen molar-refractivity contribution in [3.8, 4) is 11.5 Å². The van der Waals surface area contributed by atoms with E-state index in [-0.39, 0.29) is 23.8 Å². The van der Waals surface area contributed by atoms with E-state index in [9.17, 15) is 9.59 Å². The first-order valence-electron chi connectivity index (χ1n) is 10.4. The van der Waals surface area contributed by atoms with E-state index in [1.807, 2.05) is 26.0 Å². The fourth-order valence-electron chi connectivity index (χ4n) is 3.37. The highest BCUT2D eigenvalue weighted by molar-refractivity contribution is 8.18. The lowest BCUT2D eigenvalue weighted by Crippen LogP contribution is -2.36. The number of hydrogen-bond donors (Lipinski definition) is 0. The number of methoxy groups -OCH3 is 1. The largest absolute Gasteiger partial charge is 0.493 e. The first-order chi connectivity index (χ1) is 15.8. The highest BCUT2D eigenvalue weighted by atomic mass is 35.5. The van der Waals surface area contributed by atoms with Gasteiger partial charge in [-0.05, 0) is 73.0 Å². The average molecular weight is 506 g/mol. The molecule has 0 spiro atoms. The van der Waals surface area contributed by atoms with Crippen molar-refractivity contribution in [1.82, 2.24) is 4.90 Å². The van der Waals surface area contributed by atoms with Gasteiger partial charge in [-0.1, -0.05) is 42.3 Å². The third-order valence-electron chi connectivity index (χ3n) is 5.26. The molecule has 2 amide bonds. The first-order valence-corrected chi connectivity index (χ1v) is 12.0. The van der Waals surface area contributed by atoms with Gasteiger partial charge >= 0.3 is 0 Å². The van der Waals surface area contributed by atoms with Crippen LogP contribution < -0.4 is 9.47 Å². The molecule has 5 nitrogen and oxygen atoms in total. The first kappa shape index (κ1) is 25.2. The highest BCUT2D eigenvalue weighted by Gasteiger charge is 2.37. The van der Waals surface area contributed by atoms with Crippen LogP contribution in [0.2, 0.25) is 10.0 Å². The predicted molar refractivity (Wildman–Crippen MR) is 135 cm³/mol. The second-order valence-corrected chi connectivity index (χ2v) is 9.36. The molecule has 0 aromatic heterocycles. The van der Waals surface area contributed by atoms with Gasteiger partial charge in [0.25, 0.3) is 11.1 Å². The number of imide groups is 1. The highest BCUT2D eigenvalue weighted by Crippen LogP contribution is 2.38. The molecule has 0 radical (unpaired) electrons. The van der Waals surface area contributed by atoms with Crippen LogP contribution in [0.3, 0.4) is 0 Å².